The topological polar surface area (TPSA) is 50.4 Å². The van der Waals surface area contributed by atoms with Crippen molar-refractivity contribution in [2.24, 2.45) is 0 Å². The first-order valence-corrected chi connectivity index (χ1v) is 8.11. The first-order chi connectivity index (χ1) is 9.88. The summed E-state index contributed by atoms with van der Waals surface area (Å²) in [7, 11) is 0. The van der Waals surface area contributed by atoms with Gasteiger partial charge in [0, 0.05) is 18.6 Å². The minimum atomic E-state index is 0.0128. The summed E-state index contributed by atoms with van der Waals surface area (Å²) < 4.78 is 6.55. The molecule has 0 aliphatic rings. The standard InChI is InChI=1S/C16H25BrN2O2/c1-11(2)18-10-13-5-6-15(14(17)9-13)21-8-7-16(20)19-12(3)4/h5-6,9,11-12,18H,7-8,10H2,1-4H3,(H,19,20). The van der Waals surface area contributed by atoms with Gasteiger partial charge < -0.3 is 15.4 Å². The van der Waals surface area contributed by atoms with Crippen LogP contribution in [-0.2, 0) is 11.3 Å². The fraction of sp³-hybridized carbons (Fsp3) is 0.562. The smallest absolute Gasteiger partial charge is 0.223 e. The zero-order valence-electron chi connectivity index (χ0n) is 13.2. The summed E-state index contributed by atoms with van der Waals surface area (Å²) in [4.78, 5) is 11.5. The first kappa shape index (κ1) is 18.0. The minimum absolute atomic E-state index is 0.0128. The molecule has 1 amide bonds. The van der Waals surface area contributed by atoms with Gasteiger partial charge in [-0.1, -0.05) is 19.9 Å². The fourth-order valence-corrected chi connectivity index (χ4v) is 2.28. The molecule has 1 aromatic carbocycles. The van der Waals surface area contributed by atoms with Gasteiger partial charge in [0.05, 0.1) is 17.5 Å². The van der Waals surface area contributed by atoms with Gasteiger partial charge in [0.2, 0.25) is 5.91 Å². The molecular formula is C16H25BrN2O2. The van der Waals surface area contributed by atoms with Gasteiger partial charge >= 0.3 is 0 Å². The van der Waals surface area contributed by atoms with E-state index in [1.54, 1.807) is 0 Å². The highest BCUT2D eigenvalue weighted by atomic mass is 79.9. The van der Waals surface area contributed by atoms with Crippen molar-refractivity contribution in [1.82, 2.24) is 10.6 Å². The molecule has 0 radical (unpaired) electrons. The van der Waals surface area contributed by atoms with Gasteiger partial charge in [-0.2, -0.15) is 0 Å². The summed E-state index contributed by atoms with van der Waals surface area (Å²) in [6, 6.07) is 6.63. The summed E-state index contributed by atoms with van der Waals surface area (Å²) in [5, 5.41) is 6.21. The van der Waals surface area contributed by atoms with E-state index in [0.29, 0.717) is 19.1 Å². The maximum atomic E-state index is 11.5. The second-order valence-electron chi connectivity index (χ2n) is 5.62. The van der Waals surface area contributed by atoms with Gasteiger partial charge in [-0.05, 0) is 47.5 Å². The minimum Gasteiger partial charge on any atom is -0.492 e. The number of nitrogens with one attached hydrogen (secondary N) is 2. The molecule has 0 aliphatic heterocycles. The van der Waals surface area contributed by atoms with Gasteiger partial charge in [0.25, 0.3) is 0 Å². The Morgan fingerprint density at radius 3 is 2.52 bits per heavy atom. The molecule has 4 nitrogen and oxygen atoms in total. The summed E-state index contributed by atoms with van der Waals surface area (Å²) >= 11 is 3.51. The van der Waals surface area contributed by atoms with Gasteiger partial charge in [-0.25, -0.2) is 0 Å². The summed E-state index contributed by atoms with van der Waals surface area (Å²) in [6.07, 6.45) is 0.362. The number of halogens is 1. The van der Waals surface area contributed by atoms with Crippen molar-refractivity contribution in [1.29, 1.82) is 0 Å². The Hall–Kier alpha value is -1.07. The molecule has 2 N–H and O–H groups in total. The van der Waals surface area contributed by atoms with Crippen LogP contribution in [-0.4, -0.2) is 24.6 Å². The maximum Gasteiger partial charge on any atom is 0.223 e. The fourth-order valence-electron chi connectivity index (χ4n) is 1.74. The van der Waals surface area contributed by atoms with Crippen LogP contribution in [0.25, 0.3) is 0 Å². The Kier molecular flexibility index (Phi) is 7.75. The molecule has 0 spiro atoms. The average Bonchev–Trinajstić information content (AvgIpc) is 2.37. The molecule has 5 heteroatoms. The average molecular weight is 357 g/mol. The van der Waals surface area contributed by atoms with E-state index >= 15 is 0 Å². The highest BCUT2D eigenvalue weighted by Crippen LogP contribution is 2.26. The number of rotatable bonds is 8. The molecular weight excluding hydrogens is 332 g/mol. The third-order valence-corrected chi connectivity index (χ3v) is 3.37. The van der Waals surface area contributed by atoms with Crippen molar-refractivity contribution in [2.75, 3.05) is 6.61 Å². The third kappa shape index (κ3) is 7.48. The van der Waals surface area contributed by atoms with Crippen molar-refractivity contribution in [2.45, 2.75) is 52.7 Å². The van der Waals surface area contributed by atoms with E-state index in [4.69, 9.17) is 4.74 Å². The van der Waals surface area contributed by atoms with Gasteiger partial charge in [-0.3, -0.25) is 4.79 Å². The lowest BCUT2D eigenvalue weighted by molar-refractivity contribution is -0.122. The predicted octanol–water partition coefficient (Wildman–Crippen LogP) is 3.24. The van der Waals surface area contributed by atoms with Crippen LogP contribution in [0.4, 0.5) is 0 Å². The third-order valence-electron chi connectivity index (χ3n) is 2.75. The van der Waals surface area contributed by atoms with Crippen molar-refractivity contribution < 1.29 is 9.53 Å². The Morgan fingerprint density at radius 1 is 1.24 bits per heavy atom. The Labute approximate surface area is 135 Å². The van der Waals surface area contributed by atoms with E-state index in [-0.39, 0.29) is 11.9 Å². The molecule has 0 saturated heterocycles. The highest BCUT2D eigenvalue weighted by Gasteiger charge is 2.06. The quantitative estimate of drug-likeness (QED) is 0.751. The molecule has 1 aromatic rings. The molecule has 0 saturated carbocycles. The van der Waals surface area contributed by atoms with Crippen LogP contribution in [0.3, 0.4) is 0 Å². The summed E-state index contributed by atoms with van der Waals surface area (Å²) in [5.74, 6) is 0.777. The SMILES string of the molecule is CC(C)NCc1ccc(OCCC(=O)NC(C)C)c(Br)c1. The maximum absolute atomic E-state index is 11.5. The Balaban J connectivity index is 2.44. The Bertz CT molecular complexity index is 462. The highest BCUT2D eigenvalue weighted by molar-refractivity contribution is 9.10. The molecule has 21 heavy (non-hydrogen) atoms. The molecule has 1 rings (SSSR count). The van der Waals surface area contributed by atoms with Crippen molar-refractivity contribution in [3.8, 4) is 5.75 Å². The van der Waals surface area contributed by atoms with E-state index in [1.165, 1.54) is 5.56 Å². The molecule has 0 unspecified atom stereocenters. The first-order valence-electron chi connectivity index (χ1n) is 7.32. The monoisotopic (exact) mass is 356 g/mol. The lowest BCUT2D eigenvalue weighted by atomic mass is 10.2. The van der Waals surface area contributed by atoms with Crippen LogP contribution in [0.2, 0.25) is 0 Å². The van der Waals surface area contributed by atoms with Crippen LogP contribution < -0.4 is 15.4 Å². The number of hydrogen-bond donors (Lipinski definition) is 2. The van der Waals surface area contributed by atoms with E-state index in [9.17, 15) is 4.79 Å². The summed E-state index contributed by atoms with van der Waals surface area (Å²) in [5.41, 5.74) is 1.19. The van der Waals surface area contributed by atoms with Crippen LogP contribution in [0.15, 0.2) is 22.7 Å². The van der Waals surface area contributed by atoms with Crippen LogP contribution >= 0.6 is 15.9 Å². The van der Waals surface area contributed by atoms with E-state index in [1.807, 2.05) is 32.0 Å². The lowest BCUT2D eigenvalue weighted by Crippen LogP contribution is -2.31. The molecule has 0 fully saturated rings. The lowest BCUT2D eigenvalue weighted by Gasteiger charge is -2.12. The number of carbonyl (C=O) groups is 1. The normalized spacial score (nSPS) is 11.0. The number of hydrogen-bond acceptors (Lipinski definition) is 3. The van der Waals surface area contributed by atoms with Crippen molar-refractivity contribution in [3.05, 3.63) is 28.2 Å². The van der Waals surface area contributed by atoms with Crippen LogP contribution in [0.5, 0.6) is 5.75 Å². The number of amides is 1. The van der Waals surface area contributed by atoms with Crippen molar-refractivity contribution >= 4 is 21.8 Å². The second kappa shape index (κ2) is 9.05. The molecule has 0 atom stereocenters. The van der Waals surface area contributed by atoms with Crippen LogP contribution in [0, 0.1) is 0 Å². The van der Waals surface area contributed by atoms with E-state index < -0.39 is 0 Å². The number of benzene rings is 1. The summed E-state index contributed by atoms with van der Waals surface area (Å²) in [6.45, 7) is 9.33. The Morgan fingerprint density at radius 2 is 1.95 bits per heavy atom. The number of carbonyl (C=O) groups excluding carboxylic acids is 1. The number of ether oxygens (including phenoxy) is 1. The molecule has 0 aliphatic carbocycles. The molecule has 118 valence electrons. The molecule has 0 bridgehead atoms. The van der Waals surface area contributed by atoms with E-state index in [2.05, 4.69) is 40.4 Å². The zero-order chi connectivity index (χ0) is 15.8. The largest absolute Gasteiger partial charge is 0.492 e. The predicted molar refractivity (Wildman–Crippen MR) is 89.5 cm³/mol. The zero-order valence-corrected chi connectivity index (χ0v) is 14.8. The van der Waals surface area contributed by atoms with Crippen LogP contribution in [0.1, 0.15) is 39.7 Å². The van der Waals surface area contributed by atoms with Gasteiger partial charge in [0.1, 0.15) is 5.75 Å². The molecule has 0 aromatic heterocycles. The van der Waals surface area contributed by atoms with E-state index in [0.717, 1.165) is 16.8 Å². The molecule has 0 heterocycles. The van der Waals surface area contributed by atoms with Gasteiger partial charge in [0.15, 0.2) is 0 Å². The second-order valence-corrected chi connectivity index (χ2v) is 6.48. The van der Waals surface area contributed by atoms with Gasteiger partial charge in [-0.15, -0.1) is 0 Å². The van der Waals surface area contributed by atoms with Crippen molar-refractivity contribution in [3.63, 3.8) is 0 Å².